The fraction of sp³-hybridized carbons (Fsp3) is 0.333. The normalized spacial score (nSPS) is 17.3. The molecule has 0 radical (unpaired) electrons. The summed E-state index contributed by atoms with van der Waals surface area (Å²) < 4.78 is 13.4. The number of aromatic amines is 1. The lowest BCUT2D eigenvalue weighted by Crippen LogP contribution is -2.45. The van der Waals surface area contributed by atoms with Crippen molar-refractivity contribution in [3.05, 3.63) is 42.1 Å². The number of nitrogens with zero attached hydrogens (tertiary/aromatic N) is 2. The lowest BCUT2D eigenvalue weighted by Gasteiger charge is -2.34. The van der Waals surface area contributed by atoms with Crippen LogP contribution in [0, 0.1) is 18.2 Å². The van der Waals surface area contributed by atoms with E-state index in [1.807, 2.05) is 6.07 Å². The molecule has 0 aliphatic carbocycles. The second kappa shape index (κ2) is 7.18. The summed E-state index contributed by atoms with van der Waals surface area (Å²) in [5.41, 5.74) is 1.46. The van der Waals surface area contributed by atoms with E-state index >= 15 is 0 Å². The molecule has 1 aliphatic heterocycles. The first-order valence-corrected chi connectivity index (χ1v) is 7.98. The van der Waals surface area contributed by atoms with Crippen molar-refractivity contribution < 1.29 is 9.18 Å². The predicted molar refractivity (Wildman–Crippen MR) is 89.5 cm³/mol. The molecule has 1 aromatic heterocycles. The van der Waals surface area contributed by atoms with E-state index in [4.69, 9.17) is 6.42 Å². The number of likely N-dealkylation sites (tertiary alicyclic amines) is 1. The molecule has 3 rings (SSSR count). The van der Waals surface area contributed by atoms with Crippen LogP contribution >= 0.6 is 0 Å². The summed E-state index contributed by atoms with van der Waals surface area (Å²) >= 11 is 0. The molecule has 6 heteroatoms. The molecule has 0 spiro atoms. The number of benzene rings is 1. The molecule has 1 atom stereocenters. The van der Waals surface area contributed by atoms with E-state index in [2.05, 4.69) is 21.2 Å². The van der Waals surface area contributed by atoms with Gasteiger partial charge in [-0.05, 0) is 31.4 Å². The number of imidazole rings is 1. The average molecular weight is 326 g/mol. The van der Waals surface area contributed by atoms with Gasteiger partial charge in [0.05, 0.1) is 24.5 Å². The Bertz CT molecular complexity index is 764. The molecule has 2 aromatic rings. The average Bonchev–Trinajstić information content (AvgIpc) is 3.09. The number of aromatic nitrogens is 2. The Morgan fingerprint density at radius 3 is 3.17 bits per heavy atom. The summed E-state index contributed by atoms with van der Waals surface area (Å²) in [6.07, 6.45) is 9.69. The Morgan fingerprint density at radius 2 is 2.38 bits per heavy atom. The van der Waals surface area contributed by atoms with Gasteiger partial charge in [0.1, 0.15) is 11.6 Å². The fourth-order valence-corrected chi connectivity index (χ4v) is 3.00. The molecule has 1 saturated heterocycles. The minimum absolute atomic E-state index is 0.126. The highest BCUT2D eigenvalue weighted by atomic mass is 19.1. The molecular formula is C18H19FN4O. The number of hydrogen-bond donors (Lipinski definition) is 2. The van der Waals surface area contributed by atoms with Crippen molar-refractivity contribution in [1.82, 2.24) is 20.2 Å². The van der Waals surface area contributed by atoms with Gasteiger partial charge in [-0.2, -0.15) is 0 Å². The monoisotopic (exact) mass is 326 g/mol. The van der Waals surface area contributed by atoms with Crippen molar-refractivity contribution in [3.8, 4) is 23.6 Å². The van der Waals surface area contributed by atoms with Crippen molar-refractivity contribution in [2.45, 2.75) is 25.3 Å². The van der Waals surface area contributed by atoms with Crippen LogP contribution in [0.3, 0.4) is 0 Å². The van der Waals surface area contributed by atoms with Gasteiger partial charge in [0.2, 0.25) is 0 Å². The molecule has 2 heterocycles. The maximum atomic E-state index is 13.4. The standard InChI is InChI=1S/C18H19FN4O/c1-2-9-20-18(24)23-10-4-3-8-16(23)17-21-12-15(22-17)13-6-5-7-14(19)11-13/h1,5-7,11-12,16H,3-4,8-10H2,(H,20,24)(H,21,22). The first kappa shape index (κ1) is 16.1. The number of piperidine rings is 1. The van der Waals surface area contributed by atoms with Gasteiger partial charge in [0.15, 0.2) is 0 Å². The highest BCUT2D eigenvalue weighted by Crippen LogP contribution is 2.30. The number of H-pyrrole nitrogens is 1. The van der Waals surface area contributed by atoms with E-state index in [-0.39, 0.29) is 24.4 Å². The van der Waals surface area contributed by atoms with Crippen LogP contribution < -0.4 is 5.32 Å². The zero-order valence-corrected chi connectivity index (χ0v) is 13.3. The number of amides is 2. The van der Waals surface area contributed by atoms with Gasteiger partial charge in [-0.25, -0.2) is 14.2 Å². The van der Waals surface area contributed by atoms with Crippen molar-refractivity contribution in [3.63, 3.8) is 0 Å². The number of carbonyl (C=O) groups excluding carboxylic acids is 1. The maximum absolute atomic E-state index is 13.4. The van der Waals surface area contributed by atoms with E-state index in [0.29, 0.717) is 12.4 Å². The summed E-state index contributed by atoms with van der Waals surface area (Å²) in [7, 11) is 0. The van der Waals surface area contributed by atoms with Crippen LogP contribution in [0.5, 0.6) is 0 Å². The molecule has 1 fully saturated rings. The predicted octanol–water partition coefficient (Wildman–Crippen LogP) is 3.09. The van der Waals surface area contributed by atoms with Crippen molar-refractivity contribution in [2.24, 2.45) is 0 Å². The van der Waals surface area contributed by atoms with Crippen molar-refractivity contribution >= 4 is 6.03 Å². The Balaban J connectivity index is 1.81. The van der Waals surface area contributed by atoms with E-state index in [1.54, 1.807) is 17.2 Å². The zero-order valence-electron chi connectivity index (χ0n) is 13.3. The fourth-order valence-electron chi connectivity index (χ4n) is 3.00. The van der Waals surface area contributed by atoms with Crippen LogP contribution in [0.2, 0.25) is 0 Å². The van der Waals surface area contributed by atoms with Gasteiger partial charge in [0, 0.05) is 12.1 Å². The third-order valence-electron chi connectivity index (χ3n) is 4.15. The summed E-state index contributed by atoms with van der Waals surface area (Å²) in [4.78, 5) is 21.7. The van der Waals surface area contributed by atoms with Crippen LogP contribution in [-0.4, -0.2) is 34.0 Å². The van der Waals surface area contributed by atoms with Crippen molar-refractivity contribution in [2.75, 3.05) is 13.1 Å². The number of halogens is 1. The number of hydrogen-bond acceptors (Lipinski definition) is 2. The smallest absolute Gasteiger partial charge is 0.318 e. The highest BCUT2D eigenvalue weighted by Gasteiger charge is 2.29. The Kier molecular flexibility index (Phi) is 4.80. The van der Waals surface area contributed by atoms with Gasteiger partial charge >= 0.3 is 6.03 Å². The number of rotatable bonds is 3. The second-order valence-electron chi connectivity index (χ2n) is 5.76. The largest absolute Gasteiger partial charge is 0.340 e. The molecule has 1 aromatic carbocycles. The van der Waals surface area contributed by atoms with E-state index < -0.39 is 0 Å². The molecule has 1 aliphatic rings. The maximum Gasteiger partial charge on any atom is 0.318 e. The van der Waals surface area contributed by atoms with Gasteiger partial charge in [-0.1, -0.05) is 18.1 Å². The van der Waals surface area contributed by atoms with E-state index in [0.717, 1.165) is 30.5 Å². The lowest BCUT2D eigenvalue weighted by atomic mass is 10.0. The van der Waals surface area contributed by atoms with Gasteiger partial charge in [-0.3, -0.25) is 0 Å². The first-order chi connectivity index (χ1) is 11.7. The number of carbonyl (C=O) groups is 1. The summed E-state index contributed by atoms with van der Waals surface area (Å²) in [6, 6.07) is 6.03. The Morgan fingerprint density at radius 1 is 1.50 bits per heavy atom. The molecule has 124 valence electrons. The van der Waals surface area contributed by atoms with E-state index in [9.17, 15) is 9.18 Å². The lowest BCUT2D eigenvalue weighted by molar-refractivity contribution is 0.149. The highest BCUT2D eigenvalue weighted by molar-refractivity contribution is 5.75. The summed E-state index contributed by atoms with van der Waals surface area (Å²) in [5, 5.41) is 2.71. The SMILES string of the molecule is C#CCNC(=O)N1CCCCC1c1ncc(-c2cccc(F)c2)[nH]1. The quantitative estimate of drug-likeness (QED) is 0.852. The zero-order chi connectivity index (χ0) is 16.9. The molecule has 0 bridgehead atoms. The van der Waals surface area contributed by atoms with Crippen LogP contribution in [0.1, 0.15) is 31.1 Å². The number of urea groups is 1. The number of nitrogens with one attached hydrogen (secondary N) is 2. The topological polar surface area (TPSA) is 61.0 Å². The molecule has 5 nitrogen and oxygen atoms in total. The first-order valence-electron chi connectivity index (χ1n) is 7.98. The molecule has 2 N–H and O–H groups in total. The van der Waals surface area contributed by atoms with Crippen LogP contribution in [0.25, 0.3) is 11.3 Å². The van der Waals surface area contributed by atoms with Crippen LogP contribution in [0.15, 0.2) is 30.5 Å². The minimum Gasteiger partial charge on any atom is -0.340 e. The van der Waals surface area contributed by atoms with Gasteiger partial charge in [0.25, 0.3) is 0 Å². The molecule has 1 unspecified atom stereocenters. The Hall–Kier alpha value is -2.81. The third kappa shape index (κ3) is 3.40. The van der Waals surface area contributed by atoms with Crippen molar-refractivity contribution in [1.29, 1.82) is 0 Å². The molecule has 0 saturated carbocycles. The van der Waals surface area contributed by atoms with Crippen LogP contribution in [0.4, 0.5) is 9.18 Å². The molecule has 24 heavy (non-hydrogen) atoms. The van der Waals surface area contributed by atoms with E-state index in [1.165, 1.54) is 12.1 Å². The molecule has 2 amide bonds. The minimum atomic E-state index is -0.295. The summed E-state index contributed by atoms with van der Waals surface area (Å²) in [6.45, 7) is 0.867. The Labute approximate surface area is 140 Å². The summed E-state index contributed by atoms with van der Waals surface area (Å²) in [5.74, 6) is 2.82. The van der Waals surface area contributed by atoms with Gasteiger partial charge < -0.3 is 15.2 Å². The van der Waals surface area contributed by atoms with Gasteiger partial charge in [-0.15, -0.1) is 6.42 Å². The second-order valence-corrected chi connectivity index (χ2v) is 5.76. The molecular weight excluding hydrogens is 307 g/mol. The third-order valence-corrected chi connectivity index (χ3v) is 4.15. The number of terminal acetylenes is 1. The van der Waals surface area contributed by atoms with Crippen LogP contribution in [-0.2, 0) is 0 Å².